The van der Waals surface area contributed by atoms with Gasteiger partial charge < -0.3 is 15.2 Å². The van der Waals surface area contributed by atoms with E-state index < -0.39 is 5.97 Å². The predicted octanol–water partition coefficient (Wildman–Crippen LogP) is 1.93. The Morgan fingerprint density at radius 2 is 2.29 bits per heavy atom. The van der Waals surface area contributed by atoms with Gasteiger partial charge in [0, 0.05) is 13.2 Å². The van der Waals surface area contributed by atoms with E-state index in [-0.39, 0.29) is 11.7 Å². The van der Waals surface area contributed by atoms with Gasteiger partial charge in [-0.1, -0.05) is 0 Å². The summed E-state index contributed by atoms with van der Waals surface area (Å²) in [5, 5.41) is 12.0. The molecule has 2 N–H and O–H groups in total. The molecule has 0 aliphatic rings. The van der Waals surface area contributed by atoms with E-state index in [4.69, 9.17) is 9.84 Å². The van der Waals surface area contributed by atoms with E-state index in [0.717, 1.165) is 0 Å². The van der Waals surface area contributed by atoms with Crippen LogP contribution in [-0.4, -0.2) is 35.3 Å². The molecule has 0 bridgehead atoms. The molecule has 1 heterocycles. The summed E-state index contributed by atoms with van der Waals surface area (Å²) in [5.74, 6) is -0.289. The second-order valence-corrected chi connectivity index (χ2v) is 3.78. The van der Waals surface area contributed by atoms with Gasteiger partial charge in [0.05, 0.1) is 17.4 Å². The number of hydrogen-bond acceptors (Lipinski definition) is 4. The number of nitrogens with zero attached hydrogens (tertiary/aromatic N) is 1. The number of anilines is 1. The number of hydrogen-bond donors (Lipinski definition) is 2. The molecule has 1 aromatic heterocycles. The summed E-state index contributed by atoms with van der Waals surface area (Å²) in [4.78, 5) is 15.0. The van der Waals surface area contributed by atoms with Gasteiger partial charge >= 0.3 is 5.97 Å². The lowest BCUT2D eigenvalue weighted by atomic mass is 10.2. The molecular formula is C12H18N2O3. The third kappa shape index (κ3) is 4.03. The van der Waals surface area contributed by atoms with Crippen LogP contribution in [0.2, 0.25) is 0 Å². The summed E-state index contributed by atoms with van der Waals surface area (Å²) >= 11 is 0. The van der Waals surface area contributed by atoms with E-state index in [1.165, 1.54) is 0 Å². The average molecular weight is 238 g/mol. The Hall–Kier alpha value is -1.62. The summed E-state index contributed by atoms with van der Waals surface area (Å²) < 4.78 is 5.37. The largest absolute Gasteiger partial charge is 0.478 e. The Bertz CT molecular complexity index is 393. The summed E-state index contributed by atoms with van der Waals surface area (Å²) in [6.45, 7) is 6.91. The van der Waals surface area contributed by atoms with Crippen LogP contribution in [0.5, 0.6) is 0 Å². The minimum Gasteiger partial charge on any atom is -0.478 e. The average Bonchev–Trinajstić information content (AvgIpc) is 2.26. The van der Waals surface area contributed by atoms with E-state index in [9.17, 15) is 4.79 Å². The fraction of sp³-hybridized carbons (Fsp3) is 0.500. The fourth-order valence-electron chi connectivity index (χ4n) is 1.48. The normalized spacial score (nSPS) is 12.2. The first kappa shape index (κ1) is 13.4. The molecule has 0 spiro atoms. The fourth-order valence-corrected chi connectivity index (χ4v) is 1.48. The summed E-state index contributed by atoms with van der Waals surface area (Å²) in [5.41, 5.74) is 0.736. The smallest absolute Gasteiger partial charge is 0.337 e. The second-order valence-electron chi connectivity index (χ2n) is 3.78. The molecule has 0 aliphatic heterocycles. The molecule has 1 aromatic rings. The van der Waals surface area contributed by atoms with Crippen LogP contribution in [-0.2, 0) is 4.74 Å². The van der Waals surface area contributed by atoms with Crippen LogP contribution in [0.4, 0.5) is 5.82 Å². The highest BCUT2D eigenvalue weighted by atomic mass is 16.5. The maximum atomic E-state index is 10.8. The van der Waals surface area contributed by atoms with Crippen molar-refractivity contribution in [1.29, 1.82) is 0 Å². The number of carbonyl (C=O) groups is 1. The summed E-state index contributed by atoms with van der Waals surface area (Å²) in [6, 6.07) is 3.22. The third-order valence-electron chi connectivity index (χ3n) is 2.34. The molecule has 0 fully saturated rings. The number of pyridine rings is 1. The van der Waals surface area contributed by atoms with E-state index in [1.807, 2.05) is 13.8 Å². The van der Waals surface area contributed by atoms with Crippen molar-refractivity contribution in [1.82, 2.24) is 4.98 Å². The van der Waals surface area contributed by atoms with Gasteiger partial charge in [-0.2, -0.15) is 0 Å². The topological polar surface area (TPSA) is 71.5 Å². The van der Waals surface area contributed by atoms with E-state index >= 15 is 0 Å². The van der Waals surface area contributed by atoms with Crippen molar-refractivity contribution in [3.8, 4) is 0 Å². The van der Waals surface area contributed by atoms with Gasteiger partial charge in [0.2, 0.25) is 0 Å². The van der Waals surface area contributed by atoms with E-state index in [0.29, 0.717) is 24.7 Å². The first-order valence-electron chi connectivity index (χ1n) is 5.61. The molecule has 1 atom stereocenters. The highest BCUT2D eigenvalue weighted by molar-refractivity contribution is 5.89. The van der Waals surface area contributed by atoms with Gasteiger partial charge in [-0.25, -0.2) is 9.78 Å². The molecule has 5 heteroatoms. The SMILES string of the molecule is CCOC(C)CNc1ccc(C(=O)O)c(C)n1. The van der Waals surface area contributed by atoms with E-state index in [1.54, 1.807) is 19.1 Å². The molecule has 5 nitrogen and oxygen atoms in total. The highest BCUT2D eigenvalue weighted by Gasteiger charge is 2.09. The van der Waals surface area contributed by atoms with Crippen molar-refractivity contribution in [2.45, 2.75) is 26.9 Å². The van der Waals surface area contributed by atoms with Gasteiger partial charge in [-0.05, 0) is 32.9 Å². The molecule has 0 saturated heterocycles. The monoisotopic (exact) mass is 238 g/mol. The van der Waals surface area contributed by atoms with E-state index in [2.05, 4.69) is 10.3 Å². The highest BCUT2D eigenvalue weighted by Crippen LogP contribution is 2.10. The number of carboxylic acid groups (broad SMARTS) is 1. The van der Waals surface area contributed by atoms with Crippen molar-refractivity contribution in [2.75, 3.05) is 18.5 Å². The zero-order valence-electron chi connectivity index (χ0n) is 10.4. The maximum absolute atomic E-state index is 10.8. The van der Waals surface area contributed by atoms with Crippen molar-refractivity contribution in [3.63, 3.8) is 0 Å². The van der Waals surface area contributed by atoms with Gasteiger partial charge in [0.25, 0.3) is 0 Å². The standard InChI is InChI=1S/C12H18N2O3/c1-4-17-8(2)7-13-11-6-5-10(12(15)16)9(3)14-11/h5-6,8H,4,7H2,1-3H3,(H,13,14)(H,15,16). The van der Waals surface area contributed by atoms with Crippen LogP contribution in [0.25, 0.3) is 0 Å². The Balaban J connectivity index is 2.62. The second kappa shape index (κ2) is 6.20. The first-order chi connectivity index (χ1) is 8.04. The number of aromatic carboxylic acids is 1. The van der Waals surface area contributed by atoms with Crippen LogP contribution in [0, 0.1) is 6.92 Å². The molecule has 0 aliphatic carbocycles. The molecule has 0 saturated carbocycles. The molecule has 17 heavy (non-hydrogen) atoms. The van der Waals surface area contributed by atoms with Gasteiger partial charge in [0.15, 0.2) is 0 Å². The van der Waals surface area contributed by atoms with Gasteiger partial charge in [-0.15, -0.1) is 0 Å². The Morgan fingerprint density at radius 1 is 1.59 bits per heavy atom. The number of nitrogens with one attached hydrogen (secondary N) is 1. The lowest BCUT2D eigenvalue weighted by molar-refractivity contribution is 0.0695. The number of carboxylic acids is 1. The molecule has 1 unspecified atom stereocenters. The summed E-state index contributed by atoms with van der Waals surface area (Å²) in [6.07, 6.45) is 0.0984. The van der Waals surface area contributed by atoms with Crippen molar-refractivity contribution >= 4 is 11.8 Å². The maximum Gasteiger partial charge on any atom is 0.337 e. The molecule has 1 rings (SSSR count). The Kier molecular flexibility index (Phi) is 4.90. The minimum absolute atomic E-state index is 0.0984. The number of rotatable bonds is 6. The van der Waals surface area contributed by atoms with Crippen LogP contribution in [0.15, 0.2) is 12.1 Å². The van der Waals surface area contributed by atoms with Crippen LogP contribution >= 0.6 is 0 Å². The zero-order valence-corrected chi connectivity index (χ0v) is 10.4. The molecule has 0 amide bonds. The lowest BCUT2D eigenvalue weighted by Gasteiger charge is -2.13. The van der Waals surface area contributed by atoms with Crippen LogP contribution in [0.3, 0.4) is 0 Å². The van der Waals surface area contributed by atoms with Crippen molar-refractivity contribution in [3.05, 3.63) is 23.4 Å². The van der Waals surface area contributed by atoms with Gasteiger partial charge in [0.1, 0.15) is 5.82 Å². The Labute approximate surface area is 101 Å². The zero-order chi connectivity index (χ0) is 12.8. The van der Waals surface area contributed by atoms with Crippen LogP contribution < -0.4 is 5.32 Å². The molecule has 0 radical (unpaired) electrons. The molecule has 94 valence electrons. The number of aromatic nitrogens is 1. The van der Waals surface area contributed by atoms with Crippen molar-refractivity contribution < 1.29 is 14.6 Å². The minimum atomic E-state index is -0.954. The first-order valence-corrected chi connectivity index (χ1v) is 5.61. The number of aryl methyl sites for hydroxylation is 1. The van der Waals surface area contributed by atoms with Crippen LogP contribution in [0.1, 0.15) is 29.9 Å². The predicted molar refractivity (Wildman–Crippen MR) is 65.5 cm³/mol. The third-order valence-corrected chi connectivity index (χ3v) is 2.34. The van der Waals surface area contributed by atoms with Gasteiger partial charge in [-0.3, -0.25) is 0 Å². The molecule has 0 aromatic carbocycles. The molecular weight excluding hydrogens is 220 g/mol. The quantitative estimate of drug-likeness (QED) is 0.792. The summed E-state index contributed by atoms with van der Waals surface area (Å²) in [7, 11) is 0. The Morgan fingerprint density at radius 3 is 2.82 bits per heavy atom. The van der Waals surface area contributed by atoms with Crippen molar-refractivity contribution in [2.24, 2.45) is 0 Å². The lowest BCUT2D eigenvalue weighted by Crippen LogP contribution is -2.20. The number of ether oxygens (including phenoxy) is 1.